The SMILES string of the molecule is CCC(C)(C)C(=O)OCCCl. The van der Waals surface area contributed by atoms with Crippen molar-refractivity contribution >= 4 is 17.6 Å². The first-order valence-electron chi connectivity index (χ1n) is 3.77. The third-order valence-electron chi connectivity index (χ3n) is 1.75. The van der Waals surface area contributed by atoms with E-state index >= 15 is 0 Å². The predicted octanol–water partition coefficient (Wildman–Crippen LogP) is 2.20. The number of ether oxygens (including phenoxy) is 1. The van der Waals surface area contributed by atoms with Crippen LogP contribution in [0.1, 0.15) is 27.2 Å². The highest BCUT2D eigenvalue weighted by Gasteiger charge is 2.26. The molecule has 0 aromatic rings. The van der Waals surface area contributed by atoms with Crippen molar-refractivity contribution in [2.75, 3.05) is 12.5 Å². The molecule has 0 aliphatic carbocycles. The molecule has 0 N–H and O–H groups in total. The molecular weight excluding hydrogens is 164 g/mol. The van der Waals surface area contributed by atoms with E-state index in [1.165, 1.54) is 0 Å². The molecule has 0 atom stereocenters. The van der Waals surface area contributed by atoms with Crippen molar-refractivity contribution in [2.45, 2.75) is 27.2 Å². The minimum atomic E-state index is -0.369. The van der Waals surface area contributed by atoms with Gasteiger partial charge < -0.3 is 4.74 Å². The van der Waals surface area contributed by atoms with Crippen molar-refractivity contribution in [3.05, 3.63) is 0 Å². The van der Waals surface area contributed by atoms with Crippen LogP contribution in [0, 0.1) is 5.41 Å². The van der Waals surface area contributed by atoms with Crippen molar-refractivity contribution in [3.8, 4) is 0 Å². The Balaban J connectivity index is 3.82. The maximum atomic E-state index is 11.2. The number of alkyl halides is 1. The van der Waals surface area contributed by atoms with E-state index in [9.17, 15) is 4.79 Å². The molecule has 0 amide bonds. The van der Waals surface area contributed by atoms with Gasteiger partial charge in [0.25, 0.3) is 0 Å². The molecule has 3 heteroatoms. The highest BCUT2D eigenvalue weighted by molar-refractivity contribution is 6.18. The zero-order valence-corrected chi connectivity index (χ0v) is 8.07. The molecule has 0 aromatic heterocycles. The van der Waals surface area contributed by atoms with Gasteiger partial charge in [-0.25, -0.2) is 0 Å². The molecular formula is C8H15ClO2. The monoisotopic (exact) mass is 178 g/mol. The highest BCUT2D eigenvalue weighted by Crippen LogP contribution is 2.21. The molecule has 0 bridgehead atoms. The van der Waals surface area contributed by atoms with Crippen molar-refractivity contribution in [1.82, 2.24) is 0 Å². The van der Waals surface area contributed by atoms with E-state index in [4.69, 9.17) is 16.3 Å². The van der Waals surface area contributed by atoms with Crippen LogP contribution in [-0.2, 0) is 9.53 Å². The van der Waals surface area contributed by atoms with Crippen molar-refractivity contribution in [1.29, 1.82) is 0 Å². The normalized spacial score (nSPS) is 11.3. The standard InChI is InChI=1S/C8H15ClO2/c1-4-8(2,3)7(10)11-6-5-9/h4-6H2,1-3H3. The Hall–Kier alpha value is -0.240. The van der Waals surface area contributed by atoms with Crippen molar-refractivity contribution in [3.63, 3.8) is 0 Å². The van der Waals surface area contributed by atoms with Gasteiger partial charge in [0.05, 0.1) is 11.3 Å². The summed E-state index contributed by atoms with van der Waals surface area (Å²) < 4.78 is 4.88. The molecule has 0 aliphatic rings. The Kier molecular flexibility index (Phi) is 4.50. The summed E-state index contributed by atoms with van der Waals surface area (Å²) in [5.74, 6) is 0.201. The second-order valence-corrected chi connectivity index (χ2v) is 3.44. The second kappa shape index (κ2) is 4.60. The molecule has 0 radical (unpaired) electrons. The predicted molar refractivity (Wildman–Crippen MR) is 45.8 cm³/mol. The highest BCUT2D eigenvalue weighted by atomic mass is 35.5. The van der Waals surface area contributed by atoms with Gasteiger partial charge in [-0.15, -0.1) is 11.6 Å². The Morgan fingerprint density at radius 3 is 2.45 bits per heavy atom. The molecule has 0 saturated heterocycles. The van der Waals surface area contributed by atoms with Crippen molar-refractivity contribution in [2.24, 2.45) is 5.41 Å². The zero-order chi connectivity index (χ0) is 8.91. The lowest BCUT2D eigenvalue weighted by Crippen LogP contribution is -2.26. The first kappa shape index (κ1) is 10.8. The fraction of sp³-hybridized carbons (Fsp3) is 0.875. The lowest BCUT2D eigenvalue weighted by molar-refractivity contribution is -0.153. The van der Waals surface area contributed by atoms with Crippen LogP contribution in [0.4, 0.5) is 0 Å². The molecule has 0 aromatic carbocycles. The fourth-order valence-electron chi connectivity index (χ4n) is 0.471. The molecule has 0 aliphatic heterocycles. The van der Waals surface area contributed by atoms with E-state index in [1.54, 1.807) is 0 Å². The van der Waals surface area contributed by atoms with Gasteiger partial charge in [0.1, 0.15) is 6.61 Å². The average molecular weight is 179 g/mol. The first-order chi connectivity index (χ1) is 5.04. The van der Waals surface area contributed by atoms with E-state index in [1.807, 2.05) is 20.8 Å². The smallest absolute Gasteiger partial charge is 0.311 e. The molecule has 0 heterocycles. The largest absolute Gasteiger partial charge is 0.464 e. The number of halogens is 1. The Labute approximate surface area is 72.9 Å². The first-order valence-corrected chi connectivity index (χ1v) is 4.31. The van der Waals surface area contributed by atoms with Crippen LogP contribution in [0.3, 0.4) is 0 Å². The van der Waals surface area contributed by atoms with Gasteiger partial charge in [0.2, 0.25) is 0 Å². The summed E-state index contributed by atoms with van der Waals surface area (Å²) in [7, 11) is 0. The molecule has 66 valence electrons. The summed E-state index contributed by atoms with van der Waals surface area (Å²) >= 11 is 5.36. The van der Waals surface area contributed by atoms with E-state index < -0.39 is 0 Å². The number of hydrogen-bond donors (Lipinski definition) is 0. The third kappa shape index (κ3) is 3.61. The van der Waals surface area contributed by atoms with E-state index in [-0.39, 0.29) is 11.4 Å². The number of esters is 1. The summed E-state index contributed by atoms with van der Waals surface area (Å²) in [5.41, 5.74) is -0.369. The zero-order valence-electron chi connectivity index (χ0n) is 7.32. The summed E-state index contributed by atoms with van der Waals surface area (Å²) in [4.78, 5) is 11.2. The summed E-state index contributed by atoms with van der Waals surface area (Å²) in [6.07, 6.45) is 0.786. The molecule has 11 heavy (non-hydrogen) atoms. The van der Waals surface area contributed by atoms with Crippen LogP contribution in [0.2, 0.25) is 0 Å². The summed E-state index contributed by atoms with van der Waals surface area (Å²) in [5, 5.41) is 0. The molecule has 0 fully saturated rings. The van der Waals surface area contributed by atoms with Crippen LogP contribution in [0.15, 0.2) is 0 Å². The van der Waals surface area contributed by atoms with E-state index in [2.05, 4.69) is 0 Å². The number of rotatable bonds is 4. The topological polar surface area (TPSA) is 26.3 Å². The van der Waals surface area contributed by atoms with Crippen LogP contribution in [0.25, 0.3) is 0 Å². The van der Waals surface area contributed by atoms with Crippen molar-refractivity contribution < 1.29 is 9.53 Å². The minimum absolute atomic E-state index is 0.166. The molecule has 0 rings (SSSR count). The quantitative estimate of drug-likeness (QED) is 0.488. The molecule has 0 spiro atoms. The maximum Gasteiger partial charge on any atom is 0.311 e. The van der Waals surface area contributed by atoms with Crippen LogP contribution in [0.5, 0.6) is 0 Å². The van der Waals surface area contributed by atoms with Crippen LogP contribution < -0.4 is 0 Å². The third-order valence-corrected chi connectivity index (χ3v) is 1.90. The number of carbonyl (C=O) groups is 1. The van der Waals surface area contributed by atoms with Gasteiger partial charge in [-0.2, -0.15) is 0 Å². The molecule has 0 unspecified atom stereocenters. The van der Waals surface area contributed by atoms with Gasteiger partial charge in [-0.3, -0.25) is 4.79 Å². The average Bonchev–Trinajstić information content (AvgIpc) is 2.00. The van der Waals surface area contributed by atoms with Crippen LogP contribution >= 0.6 is 11.6 Å². The van der Waals surface area contributed by atoms with Gasteiger partial charge in [0.15, 0.2) is 0 Å². The van der Waals surface area contributed by atoms with E-state index in [0.29, 0.717) is 12.5 Å². The summed E-state index contributed by atoms with van der Waals surface area (Å²) in [6.45, 7) is 6.00. The number of carbonyl (C=O) groups excluding carboxylic acids is 1. The fourth-order valence-corrected chi connectivity index (χ4v) is 0.548. The van der Waals surface area contributed by atoms with Gasteiger partial charge >= 0.3 is 5.97 Å². The van der Waals surface area contributed by atoms with Gasteiger partial charge in [0, 0.05) is 0 Å². The lowest BCUT2D eigenvalue weighted by atomic mass is 9.91. The van der Waals surface area contributed by atoms with Crippen LogP contribution in [-0.4, -0.2) is 18.5 Å². The minimum Gasteiger partial charge on any atom is -0.464 e. The maximum absolute atomic E-state index is 11.2. The summed E-state index contributed by atoms with van der Waals surface area (Å²) in [6, 6.07) is 0. The Bertz CT molecular complexity index is 132. The Morgan fingerprint density at radius 1 is 1.55 bits per heavy atom. The molecule has 2 nitrogen and oxygen atoms in total. The molecule has 0 saturated carbocycles. The lowest BCUT2D eigenvalue weighted by Gasteiger charge is -2.19. The Morgan fingerprint density at radius 2 is 2.09 bits per heavy atom. The van der Waals surface area contributed by atoms with Gasteiger partial charge in [-0.05, 0) is 20.3 Å². The van der Waals surface area contributed by atoms with Gasteiger partial charge in [-0.1, -0.05) is 6.92 Å². The number of hydrogen-bond acceptors (Lipinski definition) is 2. The van der Waals surface area contributed by atoms with E-state index in [0.717, 1.165) is 6.42 Å². The second-order valence-electron chi connectivity index (χ2n) is 3.06.